The van der Waals surface area contributed by atoms with E-state index in [4.69, 9.17) is 4.74 Å². The van der Waals surface area contributed by atoms with Gasteiger partial charge in [0.05, 0.1) is 23.7 Å². The Labute approximate surface area is 114 Å². The van der Waals surface area contributed by atoms with E-state index in [-0.39, 0.29) is 5.56 Å². The largest absolute Gasteiger partial charge is 0.495 e. The first kappa shape index (κ1) is 12.3. The van der Waals surface area contributed by atoms with Crippen LogP contribution in [-0.2, 0) is 0 Å². The lowest BCUT2D eigenvalue weighted by Crippen LogP contribution is -2.18. The van der Waals surface area contributed by atoms with Gasteiger partial charge in [-0.1, -0.05) is 12.1 Å². The highest BCUT2D eigenvalue weighted by Gasteiger charge is 2.09. The summed E-state index contributed by atoms with van der Waals surface area (Å²) in [6.45, 7) is 0. The third-order valence-electron chi connectivity index (χ3n) is 3.07. The number of ether oxygens (including phenoxy) is 1. The van der Waals surface area contributed by atoms with Crippen molar-refractivity contribution in [1.82, 2.24) is 9.55 Å². The van der Waals surface area contributed by atoms with Crippen LogP contribution in [0.4, 0.5) is 4.39 Å². The van der Waals surface area contributed by atoms with Gasteiger partial charge in [-0.3, -0.25) is 9.36 Å². The topological polar surface area (TPSA) is 44.1 Å². The van der Waals surface area contributed by atoms with Gasteiger partial charge in [-0.2, -0.15) is 4.39 Å². The fourth-order valence-corrected chi connectivity index (χ4v) is 2.12. The Hall–Kier alpha value is -2.69. The van der Waals surface area contributed by atoms with Gasteiger partial charge in [0, 0.05) is 6.20 Å². The Balaban J connectivity index is 2.30. The van der Waals surface area contributed by atoms with Gasteiger partial charge in [-0.05, 0) is 30.3 Å². The number of hydrogen-bond acceptors (Lipinski definition) is 3. The molecule has 0 atom stereocenters. The number of fused-ring (bicyclic) bond motifs is 1. The molecule has 5 heteroatoms. The van der Waals surface area contributed by atoms with Crippen molar-refractivity contribution in [2.24, 2.45) is 0 Å². The summed E-state index contributed by atoms with van der Waals surface area (Å²) >= 11 is 0. The van der Waals surface area contributed by atoms with Crippen LogP contribution < -0.4 is 10.3 Å². The smallest absolute Gasteiger partial charge is 0.264 e. The van der Waals surface area contributed by atoms with Crippen molar-refractivity contribution in [3.05, 3.63) is 65.0 Å². The molecule has 100 valence electrons. The van der Waals surface area contributed by atoms with E-state index in [1.54, 1.807) is 31.5 Å². The molecule has 2 heterocycles. The van der Waals surface area contributed by atoms with Gasteiger partial charge in [0.15, 0.2) is 0 Å². The van der Waals surface area contributed by atoms with Gasteiger partial charge in [-0.25, -0.2) is 4.98 Å². The first-order valence-electron chi connectivity index (χ1n) is 6.02. The van der Waals surface area contributed by atoms with E-state index in [0.717, 1.165) is 0 Å². The van der Waals surface area contributed by atoms with Crippen LogP contribution in [0.5, 0.6) is 5.75 Å². The zero-order chi connectivity index (χ0) is 14.1. The van der Waals surface area contributed by atoms with Crippen molar-refractivity contribution in [2.45, 2.75) is 0 Å². The molecule has 0 saturated carbocycles. The molecule has 3 aromatic rings. The van der Waals surface area contributed by atoms with Crippen molar-refractivity contribution in [3.8, 4) is 11.4 Å². The predicted molar refractivity (Wildman–Crippen MR) is 73.9 cm³/mol. The van der Waals surface area contributed by atoms with Gasteiger partial charge in [0.25, 0.3) is 5.56 Å². The maximum Gasteiger partial charge on any atom is 0.264 e. The maximum atomic E-state index is 13.1. The van der Waals surface area contributed by atoms with Gasteiger partial charge in [0.2, 0.25) is 5.95 Å². The molecule has 0 amide bonds. The molecule has 0 aliphatic heterocycles. The number of hydrogen-bond donors (Lipinski definition) is 0. The zero-order valence-electron chi connectivity index (χ0n) is 10.7. The summed E-state index contributed by atoms with van der Waals surface area (Å²) in [6.07, 6.45) is 1.56. The molecule has 2 aromatic heterocycles. The van der Waals surface area contributed by atoms with Crippen molar-refractivity contribution in [1.29, 1.82) is 0 Å². The Morgan fingerprint density at radius 3 is 2.75 bits per heavy atom. The Morgan fingerprint density at radius 1 is 1.15 bits per heavy atom. The van der Waals surface area contributed by atoms with E-state index < -0.39 is 5.95 Å². The summed E-state index contributed by atoms with van der Waals surface area (Å²) < 4.78 is 19.8. The molecule has 4 nitrogen and oxygen atoms in total. The lowest BCUT2D eigenvalue weighted by molar-refractivity contribution is 0.412. The second kappa shape index (κ2) is 4.77. The third kappa shape index (κ3) is 1.93. The molecule has 0 aliphatic rings. The Kier molecular flexibility index (Phi) is 2.95. The minimum atomic E-state index is -0.605. The van der Waals surface area contributed by atoms with Crippen LogP contribution >= 0.6 is 0 Å². The molecule has 0 saturated heterocycles. The summed E-state index contributed by atoms with van der Waals surface area (Å²) in [7, 11) is 1.54. The predicted octanol–water partition coefficient (Wildman–Crippen LogP) is 2.53. The number of nitrogens with zero attached hydrogens (tertiary/aromatic N) is 2. The lowest BCUT2D eigenvalue weighted by Gasteiger charge is -2.11. The average molecular weight is 270 g/mol. The first-order valence-corrected chi connectivity index (χ1v) is 6.02. The highest BCUT2D eigenvalue weighted by Crippen LogP contribution is 2.21. The Bertz CT molecular complexity index is 843. The summed E-state index contributed by atoms with van der Waals surface area (Å²) in [5.41, 5.74) is 0.701. The lowest BCUT2D eigenvalue weighted by atomic mass is 10.2. The molecule has 1 aromatic carbocycles. The molecule has 0 spiro atoms. The number of pyridine rings is 2. The van der Waals surface area contributed by atoms with E-state index >= 15 is 0 Å². The first-order chi connectivity index (χ1) is 9.70. The molecule has 0 radical (unpaired) electrons. The number of halogens is 1. The second-order valence-electron chi connectivity index (χ2n) is 4.23. The summed E-state index contributed by atoms with van der Waals surface area (Å²) in [5.74, 6) is -0.0176. The number of aromatic nitrogens is 2. The molecule has 20 heavy (non-hydrogen) atoms. The van der Waals surface area contributed by atoms with Crippen molar-refractivity contribution in [3.63, 3.8) is 0 Å². The minimum absolute atomic E-state index is 0.264. The van der Waals surface area contributed by atoms with E-state index in [1.807, 2.05) is 12.1 Å². The van der Waals surface area contributed by atoms with Gasteiger partial charge in [-0.15, -0.1) is 0 Å². The standard InChI is InChI=1S/C15H11FN2O2/c1-20-13-5-3-2-4-12(13)18-9-8-11-10(15(18)19)6-7-14(16)17-11/h2-9H,1H3. The maximum absolute atomic E-state index is 13.1. The molecular weight excluding hydrogens is 259 g/mol. The van der Waals surface area contributed by atoms with Crippen LogP contribution in [0.1, 0.15) is 0 Å². The molecule has 0 N–H and O–H groups in total. The molecule has 0 fully saturated rings. The zero-order valence-corrected chi connectivity index (χ0v) is 10.7. The number of benzene rings is 1. The minimum Gasteiger partial charge on any atom is -0.495 e. The van der Waals surface area contributed by atoms with Crippen molar-refractivity contribution in [2.75, 3.05) is 7.11 Å². The van der Waals surface area contributed by atoms with Gasteiger partial charge < -0.3 is 4.74 Å². The molecular formula is C15H11FN2O2. The van der Waals surface area contributed by atoms with Crippen LogP contribution in [0.25, 0.3) is 16.6 Å². The monoisotopic (exact) mass is 270 g/mol. The Morgan fingerprint density at radius 2 is 1.95 bits per heavy atom. The van der Waals surface area contributed by atoms with Crippen LogP contribution in [-0.4, -0.2) is 16.7 Å². The quantitative estimate of drug-likeness (QED) is 0.672. The number of rotatable bonds is 2. The van der Waals surface area contributed by atoms with Gasteiger partial charge in [0.1, 0.15) is 5.75 Å². The van der Waals surface area contributed by atoms with E-state index in [9.17, 15) is 9.18 Å². The molecule has 0 bridgehead atoms. The summed E-state index contributed by atoms with van der Waals surface area (Å²) in [6, 6.07) is 11.4. The normalized spacial score (nSPS) is 10.7. The average Bonchev–Trinajstić information content (AvgIpc) is 2.47. The fraction of sp³-hybridized carbons (Fsp3) is 0.0667. The molecule has 0 unspecified atom stereocenters. The van der Waals surface area contributed by atoms with E-state index in [0.29, 0.717) is 22.3 Å². The van der Waals surface area contributed by atoms with E-state index in [1.165, 1.54) is 16.7 Å². The van der Waals surface area contributed by atoms with Crippen molar-refractivity contribution < 1.29 is 9.13 Å². The van der Waals surface area contributed by atoms with Crippen LogP contribution in [0.15, 0.2) is 53.5 Å². The second-order valence-corrected chi connectivity index (χ2v) is 4.23. The van der Waals surface area contributed by atoms with Crippen LogP contribution in [0, 0.1) is 5.95 Å². The van der Waals surface area contributed by atoms with Gasteiger partial charge >= 0.3 is 0 Å². The summed E-state index contributed by atoms with van der Waals surface area (Å²) in [4.78, 5) is 16.2. The van der Waals surface area contributed by atoms with Crippen molar-refractivity contribution >= 4 is 10.9 Å². The highest BCUT2D eigenvalue weighted by molar-refractivity contribution is 5.77. The number of para-hydroxylation sites is 2. The molecule has 0 aliphatic carbocycles. The fourth-order valence-electron chi connectivity index (χ4n) is 2.12. The SMILES string of the molecule is COc1ccccc1-n1ccc2nc(F)ccc2c1=O. The van der Waals surface area contributed by atoms with Crippen LogP contribution in [0.2, 0.25) is 0 Å². The van der Waals surface area contributed by atoms with Crippen LogP contribution in [0.3, 0.4) is 0 Å². The molecule has 3 rings (SSSR count). The summed E-state index contributed by atoms with van der Waals surface area (Å²) in [5, 5.41) is 0.361. The third-order valence-corrected chi connectivity index (χ3v) is 3.07. The number of methoxy groups -OCH3 is 1. The van der Waals surface area contributed by atoms with E-state index in [2.05, 4.69) is 4.98 Å². The highest BCUT2D eigenvalue weighted by atomic mass is 19.1.